The van der Waals surface area contributed by atoms with Crippen LogP contribution in [0.4, 0.5) is 0 Å². The van der Waals surface area contributed by atoms with Gasteiger partial charge in [-0.15, -0.1) is 0 Å². The van der Waals surface area contributed by atoms with E-state index in [1.54, 1.807) is 0 Å². The Kier molecular flexibility index (Phi) is 4.14. The van der Waals surface area contributed by atoms with E-state index in [1.165, 1.54) is 45.3 Å². The molecule has 0 aromatic carbocycles. The van der Waals surface area contributed by atoms with Crippen molar-refractivity contribution in [3.8, 4) is 0 Å². The molecule has 1 N–H and O–H groups in total. The van der Waals surface area contributed by atoms with E-state index in [2.05, 4.69) is 37.9 Å². The molecule has 0 amide bonds. The minimum Gasteiger partial charge on any atom is -0.314 e. The van der Waals surface area contributed by atoms with E-state index >= 15 is 0 Å². The maximum absolute atomic E-state index is 3.60. The van der Waals surface area contributed by atoms with E-state index in [9.17, 15) is 0 Å². The standard InChI is InChI=1S/C15H30N2/c1-12(2)16-10-14-6-5-9-17(11-14)13(3)15(4)7-8-15/h12-14,16H,5-11H2,1-4H3. The Balaban J connectivity index is 1.80. The van der Waals surface area contributed by atoms with Gasteiger partial charge in [-0.05, 0) is 57.0 Å². The Hall–Kier alpha value is -0.0800. The van der Waals surface area contributed by atoms with Crippen LogP contribution in [0, 0.1) is 11.3 Å². The molecule has 2 rings (SSSR count). The predicted molar refractivity (Wildman–Crippen MR) is 74.2 cm³/mol. The Morgan fingerprint density at radius 3 is 2.59 bits per heavy atom. The molecule has 0 bridgehead atoms. The largest absolute Gasteiger partial charge is 0.314 e. The van der Waals surface area contributed by atoms with Crippen LogP contribution in [0.15, 0.2) is 0 Å². The number of hydrogen-bond acceptors (Lipinski definition) is 2. The average Bonchev–Trinajstić information content (AvgIpc) is 3.05. The van der Waals surface area contributed by atoms with Gasteiger partial charge < -0.3 is 5.32 Å². The fraction of sp³-hybridized carbons (Fsp3) is 1.00. The van der Waals surface area contributed by atoms with Gasteiger partial charge in [-0.1, -0.05) is 20.8 Å². The predicted octanol–water partition coefficient (Wildman–Crippen LogP) is 2.89. The summed E-state index contributed by atoms with van der Waals surface area (Å²) >= 11 is 0. The second kappa shape index (κ2) is 5.27. The molecule has 2 heteroatoms. The Bertz CT molecular complexity index is 245. The van der Waals surface area contributed by atoms with Gasteiger partial charge in [-0.2, -0.15) is 0 Å². The lowest BCUT2D eigenvalue weighted by molar-refractivity contribution is 0.0920. The molecule has 0 aromatic heterocycles. The van der Waals surface area contributed by atoms with E-state index in [0.29, 0.717) is 11.5 Å². The number of nitrogens with one attached hydrogen (secondary N) is 1. The molecule has 2 unspecified atom stereocenters. The quantitative estimate of drug-likeness (QED) is 0.792. The third-order valence-electron chi connectivity index (χ3n) is 4.96. The lowest BCUT2D eigenvalue weighted by atomic mass is 9.92. The Labute approximate surface area is 107 Å². The molecule has 1 saturated heterocycles. The van der Waals surface area contributed by atoms with Crippen LogP contribution in [0.5, 0.6) is 0 Å². The summed E-state index contributed by atoms with van der Waals surface area (Å²) in [6.45, 7) is 13.3. The zero-order chi connectivity index (χ0) is 12.5. The zero-order valence-corrected chi connectivity index (χ0v) is 12.1. The van der Waals surface area contributed by atoms with Crippen molar-refractivity contribution in [1.29, 1.82) is 0 Å². The molecule has 17 heavy (non-hydrogen) atoms. The monoisotopic (exact) mass is 238 g/mol. The minimum absolute atomic E-state index is 0.628. The lowest BCUT2D eigenvalue weighted by Gasteiger charge is -2.40. The maximum Gasteiger partial charge on any atom is 0.0121 e. The minimum atomic E-state index is 0.628. The van der Waals surface area contributed by atoms with Crippen molar-refractivity contribution in [2.45, 2.75) is 65.5 Å². The molecule has 1 aliphatic carbocycles. The Morgan fingerprint density at radius 2 is 2.00 bits per heavy atom. The number of likely N-dealkylation sites (tertiary alicyclic amines) is 1. The van der Waals surface area contributed by atoms with Crippen LogP contribution in [-0.4, -0.2) is 36.6 Å². The molecule has 0 spiro atoms. The zero-order valence-electron chi connectivity index (χ0n) is 12.1. The van der Waals surface area contributed by atoms with E-state index in [-0.39, 0.29) is 0 Å². The summed E-state index contributed by atoms with van der Waals surface area (Å²) in [4.78, 5) is 2.75. The molecule has 1 saturated carbocycles. The summed E-state index contributed by atoms with van der Waals surface area (Å²) in [7, 11) is 0. The van der Waals surface area contributed by atoms with Crippen molar-refractivity contribution in [3.63, 3.8) is 0 Å². The van der Waals surface area contributed by atoms with E-state index in [0.717, 1.165) is 12.0 Å². The third kappa shape index (κ3) is 3.45. The van der Waals surface area contributed by atoms with Crippen LogP contribution >= 0.6 is 0 Å². The van der Waals surface area contributed by atoms with Crippen molar-refractivity contribution in [2.24, 2.45) is 11.3 Å². The highest BCUT2D eigenvalue weighted by atomic mass is 15.2. The summed E-state index contributed by atoms with van der Waals surface area (Å²) in [5.41, 5.74) is 0.646. The van der Waals surface area contributed by atoms with Gasteiger partial charge in [0, 0.05) is 18.6 Å². The first-order valence-electron chi connectivity index (χ1n) is 7.49. The molecule has 2 atom stereocenters. The fourth-order valence-electron chi connectivity index (χ4n) is 3.07. The normalized spacial score (nSPS) is 30.5. The van der Waals surface area contributed by atoms with Gasteiger partial charge in [-0.25, -0.2) is 0 Å². The molecule has 2 fully saturated rings. The summed E-state index contributed by atoms with van der Waals surface area (Å²) in [6.07, 6.45) is 5.70. The lowest BCUT2D eigenvalue weighted by Crippen LogP contribution is -2.47. The van der Waals surface area contributed by atoms with E-state index in [4.69, 9.17) is 0 Å². The van der Waals surface area contributed by atoms with Gasteiger partial charge in [0.1, 0.15) is 0 Å². The highest BCUT2D eigenvalue weighted by molar-refractivity contribution is 4.98. The van der Waals surface area contributed by atoms with Crippen LogP contribution in [0.3, 0.4) is 0 Å². The second-order valence-electron chi connectivity index (χ2n) is 6.90. The van der Waals surface area contributed by atoms with Gasteiger partial charge in [0.05, 0.1) is 0 Å². The van der Waals surface area contributed by atoms with Crippen LogP contribution in [-0.2, 0) is 0 Å². The van der Waals surface area contributed by atoms with E-state index in [1.807, 2.05) is 0 Å². The van der Waals surface area contributed by atoms with Crippen molar-refractivity contribution in [2.75, 3.05) is 19.6 Å². The van der Waals surface area contributed by atoms with Crippen LogP contribution in [0.2, 0.25) is 0 Å². The first kappa shape index (κ1) is 13.4. The van der Waals surface area contributed by atoms with Crippen LogP contribution in [0.1, 0.15) is 53.4 Å². The van der Waals surface area contributed by atoms with Crippen LogP contribution in [0.25, 0.3) is 0 Å². The fourth-order valence-corrected chi connectivity index (χ4v) is 3.07. The molecule has 1 heterocycles. The number of hydrogen-bond donors (Lipinski definition) is 1. The molecule has 2 nitrogen and oxygen atoms in total. The third-order valence-corrected chi connectivity index (χ3v) is 4.96. The van der Waals surface area contributed by atoms with Crippen molar-refractivity contribution in [1.82, 2.24) is 10.2 Å². The van der Waals surface area contributed by atoms with Gasteiger partial charge in [0.2, 0.25) is 0 Å². The Morgan fingerprint density at radius 1 is 1.29 bits per heavy atom. The molecule has 100 valence electrons. The van der Waals surface area contributed by atoms with Crippen molar-refractivity contribution >= 4 is 0 Å². The van der Waals surface area contributed by atoms with Crippen molar-refractivity contribution < 1.29 is 0 Å². The molecular formula is C15H30N2. The van der Waals surface area contributed by atoms with Gasteiger partial charge in [0.15, 0.2) is 0 Å². The first-order chi connectivity index (χ1) is 8.01. The van der Waals surface area contributed by atoms with E-state index < -0.39 is 0 Å². The number of piperidine rings is 1. The number of nitrogens with zero attached hydrogens (tertiary/aromatic N) is 1. The van der Waals surface area contributed by atoms with Gasteiger partial charge in [-0.3, -0.25) is 4.90 Å². The summed E-state index contributed by atoms with van der Waals surface area (Å²) in [5.74, 6) is 0.871. The summed E-state index contributed by atoms with van der Waals surface area (Å²) in [5, 5.41) is 3.60. The molecule has 2 aliphatic rings. The summed E-state index contributed by atoms with van der Waals surface area (Å²) in [6, 6.07) is 1.42. The average molecular weight is 238 g/mol. The smallest absolute Gasteiger partial charge is 0.0121 e. The highest BCUT2D eigenvalue weighted by Gasteiger charge is 2.45. The molecule has 0 aromatic rings. The number of rotatable bonds is 5. The maximum atomic E-state index is 3.60. The molecule has 0 radical (unpaired) electrons. The molecule has 1 aliphatic heterocycles. The van der Waals surface area contributed by atoms with Gasteiger partial charge >= 0.3 is 0 Å². The van der Waals surface area contributed by atoms with Crippen LogP contribution < -0.4 is 5.32 Å². The van der Waals surface area contributed by atoms with Crippen molar-refractivity contribution in [3.05, 3.63) is 0 Å². The SMILES string of the molecule is CC(C)NCC1CCCN(C(C)C2(C)CC2)C1. The summed E-state index contributed by atoms with van der Waals surface area (Å²) < 4.78 is 0. The molecular weight excluding hydrogens is 208 g/mol. The second-order valence-corrected chi connectivity index (χ2v) is 6.90. The highest BCUT2D eigenvalue weighted by Crippen LogP contribution is 2.50. The van der Waals surface area contributed by atoms with Gasteiger partial charge in [0.25, 0.3) is 0 Å². The first-order valence-corrected chi connectivity index (χ1v) is 7.49. The topological polar surface area (TPSA) is 15.3 Å².